The third-order valence-corrected chi connectivity index (χ3v) is 26.0. The van der Waals surface area contributed by atoms with Gasteiger partial charge in [-0.05, 0) is 12.8 Å². The molecule has 0 atom stereocenters. The van der Waals surface area contributed by atoms with Crippen LogP contribution in [0.1, 0.15) is 111 Å². The van der Waals surface area contributed by atoms with Crippen molar-refractivity contribution in [3.05, 3.63) is 45.5 Å². The van der Waals surface area contributed by atoms with Gasteiger partial charge in [-0.15, -0.1) is 0 Å². The summed E-state index contributed by atoms with van der Waals surface area (Å²) in [6.45, 7) is 16.3. The molecule has 2 aromatic carbocycles. The molecule has 8 bridgehead atoms. The van der Waals surface area contributed by atoms with E-state index >= 15 is 0 Å². The molecule has 8 saturated carbocycles. The molecule has 0 radical (unpaired) electrons. The van der Waals surface area contributed by atoms with E-state index in [0.717, 1.165) is 64.3 Å². The second-order valence-electron chi connectivity index (χ2n) is 18.5. The number of benzene rings is 2. The predicted molar refractivity (Wildman–Crippen MR) is 212 cm³/mol. The summed E-state index contributed by atoms with van der Waals surface area (Å²) >= 11 is -3.99. The van der Waals surface area contributed by atoms with Gasteiger partial charge in [-0.2, -0.15) is 0 Å². The molecule has 0 heterocycles. The summed E-state index contributed by atoms with van der Waals surface area (Å²) in [6, 6.07) is 3.96. The van der Waals surface area contributed by atoms with E-state index in [1.54, 1.807) is 0 Å². The second-order valence-corrected chi connectivity index (χ2v) is 30.8. The summed E-state index contributed by atoms with van der Waals surface area (Å²) in [6.07, 6.45) is 12.2. The van der Waals surface area contributed by atoms with E-state index in [1.165, 1.54) is 64.2 Å². The molecule has 0 spiro atoms. The molecular formula is C44H58Cl2O6Te. The Balaban J connectivity index is 0.944. The number of ether oxygens (including phenoxy) is 4. The van der Waals surface area contributed by atoms with Gasteiger partial charge in [0.15, 0.2) is 0 Å². The summed E-state index contributed by atoms with van der Waals surface area (Å²) in [4.78, 5) is 26.5. The molecule has 8 aliphatic rings. The number of esters is 2. The van der Waals surface area contributed by atoms with Gasteiger partial charge in [-0.1, -0.05) is 0 Å². The van der Waals surface area contributed by atoms with E-state index in [9.17, 15) is 9.59 Å². The minimum atomic E-state index is -3.99. The van der Waals surface area contributed by atoms with Crippen LogP contribution in [0.15, 0.2) is 12.1 Å². The van der Waals surface area contributed by atoms with Gasteiger partial charge in [-0.25, -0.2) is 0 Å². The summed E-state index contributed by atoms with van der Waals surface area (Å²) in [5, 5.41) is 0. The van der Waals surface area contributed by atoms with Crippen molar-refractivity contribution in [3.8, 4) is 11.5 Å². The van der Waals surface area contributed by atoms with E-state index in [4.69, 9.17) is 36.9 Å². The van der Waals surface area contributed by atoms with Crippen LogP contribution in [0.25, 0.3) is 0 Å². The molecule has 10 rings (SSSR count). The number of carbonyl (C=O) groups excluding carboxylic acids is 2. The first-order valence-corrected chi connectivity index (χ1v) is 28.3. The number of halogens is 2. The van der Waals surface area contributed by atoms with Crippen molar-refractivity contribution in [2.45, 2.75) is 131 Å². The Morgan fingerprint density at radius 3 is 1.17 bits per heavy atom. The Labute approximate surface area is 328 Å². The van der Waals surface area contributed by atoms with Crippen LogP contribution < -0.4 is 16.7 Å². The maximum atomic E-state index is 13.3. The quantitative estimate of drug-likeness (QED) is 0.176. The van der Waals surface area contributed by atoms with Crippen molar-refractivity contribution < 1.29 is 28.5 Å². The van der Waals surface area contributed by atoms with E-state index < -0.39 is 15.9 Å². The topological polar surface area (TPSA) is 71.1 Å². The summed E-state index contributed by atoms with van der Waals surface area (Å²) in [7, 11) is 15.2. The number of carbonyl (C=O) groups is 2. The Morgan fingerprint density at radius 1 is 0.566 bits per heavy atom. The second kappa shape index (κ2) is 13.8. The van der Waals surface area contributed by atoms with Crippen molar-refractivity contribution >= 4 is 53.0 Å². The normalized spacial score (nSPS) is 35.4. The minimum absolute atomic E-state index is 0.122. The number of hydrogen-bond acceptors (Lipinski definition) is 6. The zero-order chi connectivity index (χ0) is 37.8. The first kappa shape index (κ1) is 38.2. The van der Waals surface area contributed by atoms with Crippen LogP contribution in [0.4, 0.5) is 0 Å². The molecule has 0 aliphatic heterocycles. The third kappa shape index (κ3) is 6.52. The van der Waals surface area contributed by atoms with E-state index in [1.807, 2.05) is 39.8 Å². The molecule has 8 aliphatic carbocycles. The van der Waals surface area contributed by atoms with Crippen molar-refractivity contribution in [3.63, 3.8) is 0 Å². The monoisotopic (exact) mass is 882 g/mol. The zero-order valence-electron chi connectivity index (χ0n) is 32.9. The predicted octanol–water partition coefficient (Wildman–Crippen LogP) is 8.84. The van der Waals surface area contributed by atoms with Gasteiger partial charge < -0.3 is 0 Å². The van der Waals surface area contributed by atoms with Gasteiger partial charge in [0, 0.05) is 0 Å². The van der Waals surface area contributed by atoms with Crippen LogP contribution in [0, 0.1) is 88.9 Å². The van der Waals surface area contributed by atoms with Gasteiger partial charge in [0.25, 0.3) is 0 Å². The Hall–Kier alpha value is -1.65. The van der Waals surface area contributed by atoms with E-state index in [-0.39, 0.29) is 36.4 Å². The maximum absolute atomic E-state index is 13.3. The number of rotatable bonds is 10. The Bertz CT molecular complexity index is 1650. The van der Waals surface area contributed by atoms with E-state index in [0.29, 0.717) is 35.2 Å². The molecule has 0 unspecified atom stereocenters. The SMILES string of the molecule is Cc1cc(OCC(=O)OC2(C)C3CC4CC(C3)CC2C4)c(C)c(C)c1[Te](Cl)(Cl)c1c(C)cc(OCC(=O)OC2(C)C3CC4CC(C3)CC2C4)c(C)c1C. The van der Waals surface area contributed by atoms with Crippen molar-refractivity contribution in [1.29, 1.82) is 0 Å². The number of aryl methyl sites for hydroxylation is 2. The zero-order valence-corrected chi connectivity index (χ0v) is 36.7. The van der Waals surface area contributed by atoms with Crippen molar-refractivity contribution in [1.82, 2.24) is 0 Å². The van der Waals surface area contributed by atoms with Crippen LogP contribution in [-0.2, 0) is 19.1 Å². The summed E-state index contributed by atoms with van der Waals surface area (Å²) in [5.41, 5.74) is 4.97. The van der Waals surface area contributed by atoms with Crippen molar-refractivity contribution in [2.75, 3.05) is 13.2 Å². The van der Waals surface area contributed by atoms with Crippen molar-refractivity contribution in [2.24, 2.45) is 47.3 Å². The molecule has 0 aromatic heterocycles. The Morgan fingerprint density at radius 2 is 0.868 bits per heavy atom. The Kier molecular flexibility index (Phi) is 9.94. The molecule has 9 heteroatoms. The van der Waals surface area contributed by atoms with Gasteiger partial charge in [0.1, 0.15) is 0 Å². The summed E-state index contributed by atoms with van der Waals surface area (Å²) in [5.74, 6) is 5.84. The van der Waals surface area contributed by atoms with Gasteiger partial charge in [0.2, 0.25) is 0 Å². The van der Waals surface area contributed by atoms with Crippen LogP contribution in [-0.4, -0.2) is 52.3 Å². The van der Waals surface area contributed by atoms with Crippen LogP contribution in [0.2, 0.25) is 0 Å². The molecule has 290 valence electrons. The van der Waals surface area contributed by atoms with Crippen LogP contribution in [0.3, 0.4) is 0 Å². The summed E-state index contributed by atoms with van der Waals surface area (Å²) < 4.78 is 26.9. The van der Waals surface area contributed by atoms with Gasteiger partial charge in [0.05, 0.1) is 0 Å². The fourth-order valence-electron chi connectivity index (χ4n) is 12.6. The molecule has 0 saturated heterocycles. The van der Waals surface area contributed by atoms with Crippen LogP contribution >= 0.6 is 17.9 Å². The average molecular weight is 881 g/mol. The average Bonchev–Trinajstić information content (AvgIpc) is 3.07. The molecule has 8 fully saturated rings. The molecule has 0 N–H and O–H groups in total. The fraction of sp³-hybridized carbons (Fsp3) is 0.682. The first-order valence-electron chi connectivity index (χ1n) is 20.1. The van der Waals surface area contributed by atoms with E-state index in [2.05, 4.69) is 27.7 Å². The molecule has 6 nitrogen and oxygen atoms in total. The fourth-order valence-corrected chi connectivity index (χ4v) is 25.3. The molecule has 0 amide bonds. The number of hydrogen-bond donors (Lipinski definition) is 0. The standard InChI is InChI=1S/C44H58Cl2O6Te/c1-23-9-37(49-21-39(47)51-43(7)33-13-29-11-30(15-33)16-34(43)14-29)25(3)27(5)41(23)53(45,46)42-24(2)10-38(26(4)28(42)6)50-22-40(48)52-44(8)35-17-31-12-32(19-35)20-36(44)18-31/h9-10,29-36H,11-22H2,1-8H3. The van der Waals surface area contributed by atoms with Crippen LogP contribution in [0.5, 0.6) is 11.5 Å². The molecule has 2 aromatic rings. The third-order valence-electron chi connectivity index (χ3n) is 15.3. The first-order chi connectivity index (χ1) is 25.0. The van der Waals surface area contributed by atoms with Gasteiger partial charge in [-0.3, -0.25) is 0 Å². The molecule has 53 heavy (non-hydrogen) atoms. The molecular weight excluding hydrogens is 823 g/mol. The van der Waals surface area contributed by atoms with Gasteiger partial charge >= 0.3 is 317 Å².